The number of nitrogens with one attached hydrogen (secondary N) is 1. The number of rotatable bonds is 4. The highest BCUT2D eigenvalue weighted by molar-refractivity contribution is 5.31. The Morgan fingerprint density at radius 2 is 2.07 bits per heavy atom. The van der Waals surface area contributed by atoms with Crippen LogP contribution in [0.4, 0.5) is 0 Å². The van der Waals surface area contributed by atoms with Crippen LogP contribution in [-0.2, 0) is 0 Å². The molecule has 0 spiro atoms. The number of nitriles is 1. The average molecular weight is 190 g/mol. The maximum absolute atomic E-state index is 8.89. The fourth-order valence-corrected chi connectivity index (χ4v) is 1.24. The van der Waals surface area contributed by atoms with E-state index >= 15 is 0 Å². The molecule has 0 amide bonds. The van der Waals surface area contributed by atoms with Crippen LogP contribution < -0.4 is 10.1 Å². The standard InChI is InChI=1S/C11H14N2O/c1-3-13-11(8-12)9-4-6-10(14-2)7-5-9/h4-7,11,13H,3H2,1-2H3. The van der Waals surface area contributed by atoms with Crippen LogP contribution in [0.2, 0.25) is 0 Å². The van der Waals surface area contributed by atoms with Crippen molar-refractivity contribution in [3.63, 3.8) is 0 Å². The van der Waals surface area contributed by atoms with Gasteiger partial charge in [0.2, 0.25) is 0 Å². The minimum Gasteiger partial charge on any atom is -0.497 e. The van der Waals surface area contributed by atoms with Crippen LogP contribution >= 0.6 is 0 Å². The number of ether oxygens (including phenoxy) is 1. The summed E-state index contributed by atoms with van der Waals surface area (Å²) in [6.07, 6.45) is 0. The van der Waals surface area contributed by atoms with E-state index in [9.17, 15) is 0 Å². The van der Waals surface area contributed by atoms with Crippen molar-refractivity contribution in [2.45, 2.75) is 13.0 Å². The summed E-state index contributed by atoms with van der Waals surface area (Å²) in [6.45, 7) is 2.76. The van der Waals surface area contributed by atoms with Crippen LogP contribution in [0, 0.1) is 11.3 Å². The number of hydrogen-bond donors (Lipinski definition) is 1. The number of nitrogens with zero attached hydrogens (tertiary/aromatic N) is 1. The van der Waals surface area contributed by atoms with E-state index in [-0.39, 0.29) is 6.04 Å². The summed E-state index contributed by atoms with van der Waals surface area (Å²) in [5.41, 5.74) is 0.968. The van der Waals surface area contributed by atoms with Crippen LogP contribution in [0.3, 0.4) is 0 Å². The summed E-state index contributed by atoms with van der Waals surface area (Å²) in [7, 11) is 1.63. The van der Waals surface area contributed by atoms with E-state index in [1.165, 1.54) is 0 Å². The lowest BCUT2D eigenvalue weighted by Crippen LogP contribution is -2.18. The number of benzene rings is 1. The Hall–Kier alpha value is -1.53. The molecule has 1 rings (SSSR count). The largest absolute Gasteiger partial charge is 0.497 e. The van der Waals surface area contributed by atoms with Crippen LogP contribution in [0.15, 0.2) is 24.3 Å². The van der Waals surface area contributed by atoms with Gasteiger partial charge in [0.15, 0.2) is 0 Å². The number of hydrogen-bond acceptors (Lipinski definition) is 3. The molecule has 0 aliphatic rings. The van der Waals surface area contributed by atoms with E-state index in [1.807, 2.05) is 31.2 Å². The quantitative estimate of drug-likeness (QED) is 0.788. The van der Waals surface area contributed by atoms with Gasteiger partial charge in [0.25, 0.3) is 0 Å². The first-order valence-electron chi connectivity index (χ1n) is 4.58. The maximum Gasteiger partial charge on any atom is 0.121 e. The fraction of sp³-hybridized carbons (Fsp3) is 0.364. The maximum atomic E-state index is 8.89. The molecule has 1 atom stereocenters. The third kappa shape index (κ3) is 2.48. The first kappa shape index (κ1) is 10.6. The zero-order valence-electron chi connectivity index (χ0n) is 8.45. The molecule has 3 nitrogen and oxygen atoms in total. The van der Waals surface area contributed by atoms with Gasteiger partial charge in [-0.2, -0.15) is 5.26 Å². The Morgan fingerprint density at radius 1 is 1.43 bits per heavy atom. The van der Waals surface area contributed by atoms with Crippen molar-refractivity contribution in [3.05, 3.63) is 29.8 Å². The molecule has 1 unspecified atom stereocenters. The van der Waals surface area contributed by atoms with Crippen molar-refractivity contribution in [2.24, 2.45) is 0 Å². The molecule has 0 bridgehead atoms. The predicted octanol–water partition coefficient (Wildman–Crippen LogP) is 1.87. The van der Waals surface area contributed by atoms with Crippen molar-refractivity contribution >= 4 is 0 Å². The Balaban J connectivity index is 2.79. The van der Waals surface area contributed by atoms with Crippen molar-refractivity contribution in [2.75, 3.05) is 13.7 Å². The normalized spacial score (nSPS) is 11.8. The Kier molecular flexibility index (Phi) is 3.96. The molecule has 0 aliphatic carbocycles. The first-order valence-corrected chi connectivity index (χ1v) is 4.58. The predicted molar refractivity (Wildman–Crippen MR) is 55.0 cm³/mol. The minimum absolute atomic E-state index is 0.231. The molecule has 0 saturated carbocycles. The van der Waals surface area contributed by atoms with Crippen molar-refractivity contribution in [1.82, 2.24) is 5.32 Å². The van der Waals surface area contributed by atoms with Gasteiger partial charge in [0, 0.05) is 0 Å². The second-order valence-electron chi connectivity index (χ2n) is 2.89. The second-order valence-corrected chi connectivity index (χ2v) is 2.89. The molecule has 3 heteroatoms. The van der Waals surface area contributed by atoms with Gasteiger partial charge in [-0.25, -0.2) is 0 Å². The van der Waals surface area contributed by atoms with E-state index in [0.717, 1.165) is 17.9 Å². The average Bonchev–Trinajstić information content (AvgIpc) is 2.26. The van der Waals surface area contributed by atoms with Gasteiger partial charge < -0.3 is 4.74 Å². The van der Waals surface area contributed by atoms with E-state index in [1.54, 1.807) is 7.11 Å². The molecule has 0 aromatic heterocycles. The van der Waals surface area contributed by atoms with E-state index in [4.69, 9.17) is 10.00 Å². The summed E-state index contributed by atoms with van der Waals surface area (Å²) in [6, 6.07) is 9.49. The third-order valence-corrected chi connectivity index (χ3v) is 1.99. The lowest BCUT2D eigenvalue weighted by atomic mass is 10.1. The highest BCUT2D eigenvalue weighted by Gasteiger charge is 2.07. The van der Waals surface area contributed by atoms with Crippen LogP contribution in [-0.4, -0.2) is 13.7 Å². The molecule has 1 aromatic carbocycles. The molecule has 0 fully saturated rings. The molecular formula is C11H14N2O. The molecule has 0 radical (unpaired) electrons. The molecule has 1 N–H and O–H groups in total. The summed E-state index contributed by atoms with van der Waals surface area (Å²) >= 11 is 0. The number of methoxy groups -OCH3 is 1. The first-order chi connectivity index (χ1) is 6.81. The molecule has 74 valence electrons. The Bertz CT molecular complexity index is 313. The molecule has 1 aromatic rings. The van der Waals surface area contributed by atoms with Gasteiger partial charge >= 0.3 is 0 Å². The lowest BCUT2D eigenvalue weighted by Gasteiger charge is -2.10. The Morgan fingerprint density at radius 3 is 2.50 bits per heavy atom. The van der Waals surface area contributed by atoms with Crippen LogP contribution in [0.5, 0.6) is 5.75 Å². The molecule has 14 heavy (non-hydrogen) atoms. The van der Waals surface area contributed by atoms with Crippen molar-refractivity contribution in [1.29, 1.82) is 5.26 Å². The summed E-state index contributed by atoms with van der Waals surface area (Å²) in [5, 5.41) is 12.0. The topological polar surface area (TPSA) is 45.0 Å². The SMILES string of the molecule is CCNC(C#N)c1ccc(OC)cc1. The van der Waals surface area contributed by atoms with Gasteiger partial charge in [-0.1, -0.05) is 19.1 Å². The fourth-order valence-electron chi connectivity index (χ4n) is 1.24. The van der Waals surface area contributed by atoms with Gasteiger partial charge in [-0.15, -0.1) is 0 Å². The lowest BCUT2D eigenvalue weighted by molar-refractivity contribution is 0.414. The Labute approximate surface area is 84.3 Å². The van der Waals surface area contributed by atoms with Gasteiger partial charge in [-0.05, 0) is 24.2 Å². The third-order valence-electron chi connectivity index (χ3n) is 1.99. The highest BCUT2D eigenvalue weighted by atomic mass is 16.5. The van der Waals surface area contributed by atoms with E-state index < -0.39 is 0 Å². The monoisotopic (exact) mass is 190 g/mol. The molecular weight excluding hydrogens is 176 g/mol. The molecule has 0 heterocycles. The van der Waals surface area contributed by atoms with Crippen LogP contribution in [0.1, 0.15) is 18.5 Å². The second kappa shape index (κ2) is 5.25. The van der Waals surface area contributed by atoms with E-state index in [2.05, 4.69) is 11.4 Å². The molecule has 0 aliphatic heterocycles. The van der Waals surface area contributed by atoms with Gasteiger partial charge in [0.05, 0.1) is 13.2 Å². The summed E-state index contributed by atoms with van der Waals surface area (Å²) in [5.74, 6) is 0.807. The highest BCUT2D eigenvalue weighted by Crippen LogP contribution is 2.16. The van der Waals surface area contributed by atoms with Crippen molar-refractivity contribution in [3.8, 4) is 11.8 Å². The summed E-state index contributed by atoms with van der Waals surface area (Å²) in [4.78, 5) is 0. The zero-order chi connectivity index (χ0) is 10.4. The summed E-state index contributed by atoms with van der Waals surface area (Å²) < 4.78 is 5.04. The van der Waals surface area contributed by atoms with Gasteiger partial charge in [0.1, 0.15) is 11.8 Å². The minimum atomic E-state index is -0.231. The zero-order valence-corrected chi connectivity index (χ0v) is 8.45. The van der Waals surface area contributed by atoms with E-state index in [0.29, 0.717) is 0 Å². The molecule has 0 saturated heterocycles. The van der Waals surface area contributed by atoms with Crippen LogP contribution in [0.25, 0.3) is 0 Å². The smallest absolute Gasteiger partial charge is 0.121 e. The van der Waals surface area contributed by atoms with Gasteiger partial charge in [-0.3, -0.25) is 5.32 Å². The van der Waals surface area contributed by atoms with Crippen molar-refractivity contribution < 1.29 is 4.74 Å².